The number of methoxy groups -OCH3 is 1. The van der Waals surface area contributed by atoms with Crippen molar-refractivity contribution in [2.45, 2.75) is 31.3 Å². The highest BCUT2D eigenvalue weighted by Gasteiger charge is 2.22. The van der Waals surface area contributed by atoms with Crippen LogP contribution >= 0.6 is 0 Å². The molecule has 0 bridgehead atoms. The predicted octanol–water partition coefficient (Wildman–Crippen LogP) is 0.906. The number of benzene rings is 1. The fraction of sp³-hybridized carbons (Fsp3) is 0.500. The lowest BCUT2D eigenvalue weighted by Crippen LogP contribution is -2.36. The fourth-order valence-corrected chi connectivity index (χ4v) is 3.25. The second-order valence-corrected chi connectivity index (χ2v) is 6.06. The number of halogens is 1. The van der Waals surface area contributed by atoms with Gasteiger partial charge in [0.15, 0.2) is 0 Å². The van der Waals surface area contributed by atoms with Crippen LogP contribution in [0.5, 0.6) is 0 Å². The molecule has 1 atom stereocenters. The van der Waals surface area contributed by atoms with E-state index < -0.39 is 21.9 Å². The molecule has 3 N–H and O–H groups in total. The molecule has 0 aromatic heterocycles. The van der Waals surface area contributed by atoms with Gasteiger partial charge in [-0.1, -0.05) is 0 Å². The Balaban J connectivity index is 3.17. The highest BCUT2D eigenvalue weighted by atomic mass is 32.2. The van der Waals surface area contributed by atoms with E-state index >= 15 is 0 Å². The zero-order valence-electron chi connectivity index (χ0n) is 11.2. The van der Waals surface area contributed by atoms with Crippen LogP contribution in [0.25, 0.3) is 0 Å². The first-order chi connectivity index (χ1) is 8.81. The van der Waals surface area contributed by atoms with Gasteiger partial charge in [-0.15, -0.1) is 0 Å². The van der Waals surface area contributed by atoms with Crippen molar-refractivity contribution >= 4 is 10.0 Å². The molecule has 19 heavy (non-hydrogen) atoms. The third kappa shape index (κ3) is 3.97. The molecule has 0 heterocycles. The summed E-state index contributed by atoms with van der Waals surface area (Å²) in [5.74, 6) is -0.581. The molecule has 1 rings (SSSR count). The molecule has 0 aliphatic rings. The van der Waals surface area contributed by atoms with Crippen molar-refractivity contribution in [1.82, 2.24) is 4.72 Å². The largest absolute Gasteiger partial charge is 0.383 e. The van der Waals surface area contributed by atoms with Gasteiger partial charge in [0.2, 0.25) is 10.0 Å². The Labute approximate surface area is 113 Å². The average molecular weight is 290 g/mol. The summed E-state index contributed by atoms with van der Waals surface area (Å²) < 4.78 is 45.3. The summed E-state index contributed by atoms with van der Waals surface area (Å²) in [5.41, 5.74) is 5.94. The van der Waals surface area contributed by atoms with E-state index in [1.807, 2.05) is 0 Å². The number of nitrogens with two attached hydrogens (primary N) is 1. The summed E-state index contributed by atoms with van der Waals surface area (Å²) >= 11 is 0. The van der Waals surface area contributed by atoms with Gasteiger partial charge in [-0.3, -0.25) is 0 Å². The van der Waals surface area contributed by atoms with Gasteiger partial charge in [0.25, 0.3) is 0 Å². The van der Waals surface area contributed by atoms with Crippen molar-refractivity contribution < 1.29 is 17.5 Å². The Hall–Kier alpha value is -1.02. The Kier molecular flexibility index (Phi) is 5.42. The summed E-state index contributed by atoms with van der Waals surface area (Å²) in [5, 5.41) is 0. The molecule has 1 unspecified atom stereocenters. The van der Waals surface area contributed by atoms with E-state index in [2.05, 4.69) is 4.72 Å². The number of hydrogen-bond acceptors (Lipinski definition) is 4. The molecule has 1 aromatic carbocycles. The van der Waals surface area contributed by atoms with Gasteiger partial charge in [-0.05, 0) is 31.5 Å². The minimum absolute atomic E-state index is 0.0767. The minimum atomic E-state index is -3.79. The van der Waals surface area contributed by atoms with Gasteiger partial charge in [0, 0.05) is 25.3 Å². The molecule has 0 radical (unpaired) electrons. The van der Waals surface area contributed by atoms with Gasteiger partial charge < -0.3 is 10.5 Å². The zero-order valence-corrected chi connectivity index (χ0v) is 12.1. The van der Waals surface area contributed by atoms with Crippen molar-refractivity contribution in [3.05, 3.63) is 29.1 Å². The van der Waals surface area contributed by atoms with Crippen molar-refractivity contribution in [2.24, 2.45) is 5.73 Å². The maximum Gasteiger partial charge on any atom is 0.241 e. The first-order valence-electron chi connectivity index (χ1n) is 5.82. The lowest BCUT2D eigenvalue weighted by atomic mass is 10.1. The third-order valence-corrected chi connectivity index (χ3v) is 4.37. The van der Waals surface area contributed by atoms with Crippen LogP contribution in [0.1, 0.15) is 18.1 Å². The highest BCUT2D eigenvalue weighted by Crippen LogP contribution is 2.20. The van der Waals surface area contributed by atoms with Crippen molar-refractivity contribution in [3.8, 4) is 0 Å². The standard InChI is InChI=1S/C12H19FN2O3S/c1-8(7-18-3)15-19(16,17)12-5-10(6-14)4-11(13)9(12)2/h4-5,8,15H,6-7,14H2,1-3H3. The Bertz CT molecular complexity index is 546. The normalized spacial score (nSPS) is 13.5. The van der Waals surface area contributed by atoms with E-state index in [9.17, 15) is 12.8 Å². The van der Waals surface area contributed by atoms with Crippen molar-refractivity contribution in [3.63, 3.8) is 0 Å². The van der Waals surface area contributed by atoms with Crippen LogP contribution in [-0.2, 0) is 21.3 Å². The van der Waals surface area contributed by atoms with E-state index in [1.54, 1.807) is 6.92 Å². The number of sulfonamides is 1. The van der Waals surface area contributed by atoms with E-state index in [1.165, 1.54) is 26.2 Å². The zero-order chi connectivity index (χ0) is 14.6. The molecule has 1 aromatic rings. The second-order valence-electron chi connectivity index (χ2n) is 4.38. The number of hydrogen-bond donors (Lipinski definition) is 2. The maximum atomic E-state index is 13.7. The Morgan fingerprint density at radius 2 is 2.11 bits per heavy atom. The molecule has 0 aliphatic carbocycles. The van der Waals surface area contributed by atoms with Crippen molar-refractivity contribution in [1.29, 1.82) is 0 Å². The van der Waals surface area contributed by atoms with Gasteiger partial charge >= 0.3 is 0 Å². The summed E-state index contributed by atoms with van der Waals surface area (Å²) in [7, 11) is -2.32. The van der Waals surface area contributed by atoms with E-state index in [0.29, 0.717) is 5.56 Å². The quantitative estimate of drug-likeness (QED) is 0.816. The predicted molar refractivity (Wildman–Crippen MR) is 70.7 cm³/mol. The maximum absolute atomic E-state index is 13.7. The number of nitrogens with one attached hydrogen (secondary N) is 1. The molecule has 0 saturated carbocycles. The molecule has 0 amide bonds. The summed E-state index contributed by atoms with van der Waals surface area (Å²) in [4.78, 5) is -0.0871. The van der Waals surface area contributed by atoms with Gasteiger partial charge in [0.05, 0.1) is 11.5 Å². The van der Waals surface area contributed by atoms with Crippen LogP contribution < -0.4 is 10.5 Å². The van der Waals surface area contributed by atoms with Crippen LogP contribution in [-0.4, -0.2) is 28.2 Å². The molecule has 0 aliphatic heterocycles. The number of ether oxygens (including phenoxy) is 1. The van der Waals surface area contributed by atoms with Crippen LogP contribution in [0.4, 0.5) is 4.39 Å². The molecule has 7 heteroatoms. The smallest absolute Gasteiger partial charge is 0.241 e. The van der Waals surface area contributed by atoms with Gasteiger partial charge in [0.1, 0.15) is 5.82 Å². The van der Waals surface area contributed by atoms with Crippen LogP contribution in [0.15, 0.2) is 17.0 Å². The SMILES string of the molecule is COCC(C)NS(=O)(=O)c1cc(CN)cc(F)c1C. The molecule has 0 spiro atoms. The molecular weight excluding hydrogens is 271 g/mol. The summed E-state index contributed by atoms with van der Waals surface area (Å²) in [6, 6.07) is 2.23. The van der Waals surface area contributed by atoms with Crippen LogP contribution in [0, 0.1) is 12.7 Å². The average Bonchev–Trinajstić information content (AvgIpc) is 2.31. The minimum Gasteiger partial charge on any atom is -0.383 e. The Morgan fingerprint density at radius 3 is 2.63 bits per heavy atom. The lowest BCUT2D eigenvalue weighted by Gasteiger charge is -2.15. The third-order valence-electron chi connectivity index (χ3n) is 2.65. The van der Waals surface area contributed by atoms with Crippen molar-refractivity contribution in [2.75, 3.05) is 13.7 Å². The molecule has 5 nitrogen and oxygen atoms in total. The van der Waals surface area contributed by atoms with Gasteiger partial charge in [-0.2, -0.15) is 0 Å². The summed E-state index contributed by atoms with van der Waals surface area (Å²) in [6.45, 7) is 3.40. The molecule has 108 valence electrons. The summed E-state index contributed by atoms with van der Waals surface area (Å²) in [6.07, 6.45) is 0. The lowest BCUT2D eigenvalue weighted by molar-refractivity contribution is 0.180. The second kappa shape index (κ2) is 6.42. The fourth-order valence-electron chi connectivity index (χ4n) is 1.72. The van der Waals surface area contributed by atoms with E-state index in [-0.39, 0.29) is 23.6 Å². The first-order valence-corrected chi connectivity index (χ1v) is 7.30. The highest BCUT2D eigenvalue weighted by molar-refractivity contribution is 7.89. The van der Waals surface area contributed by atoms with Crippen LogP contribution in [0.3, 0.4) is 0 Å². The van der Waals surface area contributed by atoms with E-state index in [4.69, 9.17) is 10.5 Å². The Morgan fingerprint density at radius 1 is 1.47 bits per heavy atom. The van der Waals surface area contributed by atoms with Crippen LogP contribution in [0.2, 0.25) is 0 Å². The molecule has 0 saturated heterocycles. The number of rotatable bonds is 6. The topological polar surface area (TPSA) is 81.4 Å². The van der Waals surface area contributed by atoms with Gasteiger partial charge in [-0.25, -0.2) is 17.5 Å². The first kappa shape index (κ1) is 16.0. The molecule has 0 fully saturated rings. The molecular formula is C12H19FN2O3S. The van der Waals surface area contributed by atoms with E-state index in [0.717, 1.165) is 0 Å². The monoisotopic (exact) mass is 290 g/mol.